The highest BCUT2D eigenvalue weighted by Gasteiger charge is 2.33. The molecule has 0 aromatic rings. The summed E-state index contributed by atoms with van der Waals surface area (Å²) in [5.41, 5.74) is -0.578. The van der Waals surface area contributed by atoms with Crippen molar-refractivity contribution >= 4 is 17.8 Å². The van der Waals surface area contributed by atoms with E-state index in [-0.39, 0.29) is 12.5 Å². The summed E-state index contributed by atoms with van der Waals surface area (Å²) >= 11 is 0. The number of hydrogen-bond donors (Lipinski definition) is 0. The van der Waals surface area contributed by atoms with Crippen molar-refractivity contribution in [3.63, 3.8) is 0 Å². The Bertz CT molecular complexity index is 386. The largest absolute Gasteiger partial charge is 0.463 e. The normalized spacial score (nSPS) is 19.4. The van der Waals surface area contributed by atoms with Crippen LogP contribution in [0.25, 0.3) is 0 Å². The van der Waals surface area contributed by atoms with Crippen molar-refractivity contribution < 1.29 is 23.9 Å². The van der Waals surface area contributed by atoms with Crippen molar-refractivity contribution in [2.24, 2.45) is 0 Å². The van der Waals surface area contributed by atoms with E-state index in [0.717, 1.165) is 12.8 Å². The number of ketones is 1. The maximum absolute atomic E-state index is 12.1. The minimum atomic E-state index is -0.861. The number of rotatable bonds is 3. The van der Waals surface area contributed by atoms with E-state index < -0.39 is 23.4 Å². The van der Waals surface area contributed by atoms with E-state index in [9.17, 15) is 14.4 Å². The molecule has 1 fully saturated rings. The van der Waals surface area contributed by atoms with E-state index in [1.54, 1.807) is 25.7 Å². The van der Waals surface area contributed by atoms with Crippen LogP contribution in [-0.4, -0.2) is 48.0 Å². The first-order valence-corrected chi connectivity index (χ1v) is 6.85. The summed E-state index contributed by atoms with van der Waals surface area (Å²) in [5, 5.41) is 0. The molecule has 1 heterocycles. The molecule has 1 aliphatic heterocycles. The van der Waals surface area contributed by atoms with Gasteiger partial charge in [0.15, 0.2) is 0 Å². The van der Waals surface area contributed by atoms with Gasteiger partial charge >= 0.3 is 12.1 Å². The van der Waals surface area contributed by atoms with Crippen LogP contribution in [0.15, 0.2) is 0 Å². The Hall–Kier alpha value is -1.59. The lowest BCUT2D eigenvalue weighted by Crippen LogP contribution is -2.47. The predicted octanol–water partition coefficient (Wildman–Crippen LogP) is 1.91. The molecule has 6 nitrogen and oxygen atoms in total. The molecule has 0 aliphatic carbocycles. The monoisotopic (exact) mass is 285 g/mol. The van der Waals surface area contributed by atoms with E-state index in [4.69, 9.17) is 4.74 Å². The molecule has 1 atom stereocenters. The molecule has 1 rings (SSSR count). The zero-order valence-electron chi connectivity index (χ0n) is 12.6. The average Bonchev–Trinajstić information content (AvgIpc) is 2.36. The van der Waals surface area contributed by atoms with Gasteiger partial charge in [-0.05, 0) is 40.0 Å². The van der Waals surface area contributed by atoms with Crippen LogP contribution in [0.5, 0.6) is 0 Å². The molecule has 0 aromatic heterocycles. The van der Waals surface area contributed by atoms with Crippen molar-refractivity contribution in [1.29, 1.82) is 0 Å². The lowest BCUT2D eigenvalue weighted by atomic mass is 9.98. The van der Waals surface area contributed by atoms with Gasteiger partial charge in [0.1, 0.15) is 5.60 Å². The smallest absolute Gasteiger partial charge is 0.410 e. The van der Waals surface area contributed by atoms with Crippen molar-refractivity contribution in [1.82, 2.24) is 4.90 Å². The van der Waals surface area contributed by atoms with E-state index in [0.29, 0.717) is 13.0 Å². The Kier molecular flexibility index (Phi) is 5.53. The fourth-order valence-corrected chi connectivity index (χ4v) is 2.18. The fraction of sp³-hybridized carbons (Fsp3) is 0.786. The van der Waals surface area contributed by atoms with Gasteiger partial charge in [-0.3, -0.25) is 4.79 Å². The highest BCUT2D eigenvalue weighted by molar-refractivity contribution is 6.33. The number of piperidine rings is 1. The Morgan fingerprint density at radius 3 is 2.40 bits per heavy atom. The molecule has 0 aromatic carbocycles. The van der Waals surface area contributed by atoms with Crippen LogP contribution in [0.3, 0.4) is 0 Å². The first-order valence-electron chi connectivity index (χ1n) is 6.85. The number of amides is 1. The SMILES string of the molecule is COC(=O)C(=O)CC1CCCCN1C(=O)OC(C)(C)C. The number of hydrogen-bond acceptors (Lipinski definition) is 5. The number of carbonyl (C=O) groups excluding carboxylic acids is 3. The maximum atomic E-state index is 12.1. The number of methoxy groups -OCH3 is 1. The second-order valence-electron chi connectivity index (χ2n) is 5.94. The lowest BCUT2D eigenvalue weighted by molar-refractivity contribution is -0.152. The van der Waals surface area contributed by atoms with Gasteiger partial charge in [0.05, 0.1) is 7.11 Å². The molecule has 1 unspecified atom stereocenters. The minimum Gasteiger partial charge on any atom is -0.463 e. The Morgan fingerprint density at radius 1 is 1.20 bits per heavy atom. The second-order valence-corrected chi connectivity index (χ2v) is 5.94. The Balaban J connectivity index is 2.69. The highest BCUT2D eigenvalue weighted by atomic mass is 16.6. The van der Waals surface area contributed by atoms with Crippen molar-refractivity contribution in [2.45, 2.75) is 58.1 Å². The van der Waals surface area contributed by atoms with E-state index in [1.807, 2.05) is 0 Å². The van der Waals surface area contributed by atoms with Gasteiger partial charge in [-0.15, -0.1) is 0 Å². The van der Waals surface area contributed by atoms with Gasteiger partial charge in [0.25, 0.3) is 0 Å². The van der Waals surface area contributed by atoms with Crippen LogP contribution < -0.4 is 0 Å². The molecule has 0 spiro atoms. The summed E-state index contributed by atoms with van der Waals surface area (Å²) in [6.45, 7) is 5.93. The first-order chi connectivity index (χ1) is 9.24. The van der Waals surface area contributed by atoms with Crippen LogP contribution in [0.1, 0.15) is 46.5 Å². The minimum absolute atomic E-state index is 0.00802. The number of nitrogens with zero attached hydrogens (tertiary/aromatic N) is 1. The molecule has 20 heavy (non-hydrogen) atoms. The van der Waals surface area contributed by atoms with Gasteiger partial charge in [0, 0.05) is 19.0 Å². The third kappa shape index (κ3) is 4.83. The van der Waals surface area contributed by atoms with Gasteiger partial charge in [0.2, 0.25) is 5.78 Å². The lowest BCUT2D eigenvalue weighted by Gasteiger charge is -2.36. The molecule has 114 valence electrons. The van der Waals surface area contributed by atoms with Crippen molar-refractivity contribution in [3.05, 3.63) is 0 Å². The number of esters is 1. The fourth-order valence-electron chi connectivity index (χ4n) is 2.18. The third-order valence-electron chi connectivity index (χ3n) is 3.09. The molecular weight excluding hydrogens is 262 g/mol. The Morgan fingerprint density at radius 2 is 1.85 bits per heavy atom. The van der Waals surface area contributed by atoms with Gasteiger partial charge in [-0.25, -0.2) is 9.59 Å². The number of Topliss-reactive ketones (excluding diaryl/α,β-unsaturated/α-hetero) is 1. The van der Waals surface area contributed by atoms with Crippen molar-refractivity contribution in [3.8, 4) is 0 Å². The van der Waals surface area contributed by atoms with Gasteiger partial charge in [-0.2, -0.15) is 0 Å². The van der Waals surface area contributed by atoms with E-state index in [2.05, 4.69) is 4.74 Å². The highest BCUT2D eigenvalue weighted by Crippen LogP contribution is 2.22. The molecular formula is C14H23NO5. The third-order valence-corrected chi connectivity index (χ3v) is 3.09. The molecule has 6 heteroatoms. The second kappa shape index (κ2) is 6.72. The Labute approximate surface area is 119 Å². The molecule has 1 saturated heterocycles. The number of likely N-dealkylation sites (tertiary alicyclic amines) is 1. The maximum Gasteiger partial charge on any atom is 0.410 e. The quantitative estimate of drug-likeness (QED) is 0.585. The predicted molar refractivity (Wildman–Crippen MR) is 72.2 cm³/mol. The molecule has 0 N–H and O–H groups in total. The molecule has 1 amide bonds. The topological polar surface area (TPSA) is 72.9 Å². The standard InChI is InChI=1S/C14H23NO5/c1-14(2,3)20-13(18)15-8-6-5-7-10(15)9-11(16)12(17)19-4/h10H,5-9H2,1-4H3. The van der Waals surface area contributed by atoms with Crippen LogP contribution in [0, 0.1) is 0 Å². The summed E-state index contributed by atoms with van der Waals surface area (Å²) in [5.74, 6) is -1.47. The average molecular weight is 285 g/mol. The van der Waals surface area contributed by atoms with Crippen LogP contribution in [-0.2, 0) is 19.1 Å². The summed E-state index contributed by atoms with van der Waals surface area (Å²) in [4.78, 5) is 36.5. The summed E-state index contributed by atoms with van der Waals surface area (Å²) < 4.78 is 9.74. The zero-order chi connectivity index (χ0) is 15.3. The number of ether oxygens (including phenoxy) is 2. The number of carbonyl (C=O) groups is 3. The molecule has 0 bridgehead atoms. The van der Waals surface area contributed by atoms with Crippen LogP contribution in [0.2, 0.25) is 0 Å². The van der Waals surface area contributed by atoms with E-state index in [1.165, 1.54) is 7.11 Å². The van der Waals surface area contributed by atoms with Crippen LogP contribution in [0.4, 0.5) is 4.79 Å². The first kappa shape index (κ1) is 16.5. The molecule has 0 saturated carbocycles. The summed E-state index contributed by atoms with van der Waals surface area (Å²) in [6, 6.07) is -0.287. The molecule has 1 aliphatic rings. The van der Waals surface area contributed by atoms with Gasteiger partial charge in [-0.1, -0.05) is 0 Å². The van der Waals surface area contributed by atoms with Crippen molar-refractivity contribution in [2.75, 3.05) is 13.7 Å². The zero-order valence-corrected chi connectivity index (χ0v) is 12.6. The molecule has 0 radical (unpaired) electrons. The summed E-state index contributed by atoms with van der Waals surface area (Å²) in [7, 11) is 1.17. The van der Waals surface area contributed by atoms with Gasteiger partial charge < -0.3 is 14.4 Å². The van der Waals surface area contributed by atoms with E-state index >= 15 is 0 Å². The summed E-state index contributed by atoms with van der Waals surface area (Å²) in [6.07, 6.45) is 2.06. The van der Waals surface area contributed by atoms with Crippen LogP contribution >= 0.6 is 0 Å².